The summed E-state index contributed by atoms with van der Waals surface area (Å²) >= 11 is 0. The molecule has 0 aliphatic carbocycles. The van der Waals surface area contributed by atoms with Crippen LogP contribution in [0.4, 0.5) is 0 Å². The van der Waals surface area contributed by atoms with Crippen molar-refractivity contribution in [3.05, 3.63) is 60.2 Å². The molecule has 2 aromatic heterocycles. The van der Waals surface area contributed by atoms with E-state index in [0.29, 0.717) is 42.9 Å². The first-order chi connectivity index (χ1) is 12.2. The molecule has 1 aliphatic heterocycles. The maximum Gasteiger partial charge on any atom is 0.254 e. The fourth-order valence-electron chi connectivity index (χ4n) is 2.96. The molecule has 0 unspecified atom stereocenters. The number of oxazole rings is 1. The molecule has 1 aliphatic rings. The van der Waals surface area contributed by atoms with Crippen molar-refractivity contribution in [2.45, 2.75) is 0 Å². The molecular formula is C18H16N4O3. The van der Waals surface area contributed by atoms with E-state index in [-0.39, 0.29) is 11.8 Å². The molecule has 0 bridgehead atoms. The van der Waals surface area contributed by atoms with E-state index in [0.717, 1.165) is 5.52 Å². The summed E-state index contributed by atoms with van der Waals surface area (Å²) in [6, 6.07) is 8.63. The molecule has 1 aromatic carbocycles. The molecule has 4 rings (SSSR count). The highest BCUT2D eigenvalue weighted by Gasteiger charge is 2.25. The highest BCUT2D eigenvalue weighted by molar-refractivity contribution is 5.97. The van der Waals surface area contributed by atoms with Gasteiger partial charge in [-0.25, -0.2) is 4.98 Å². The van der Waals surface area contributed by atoms with E-state index in [2.05, 4.69) is 9.97 Å². The van der Waals surface area contributed by atoms with Crippen molar-refractivity contribution in [2.75, 3.05) is 26.2 Å². The van der Waals surface area contributed by atoms with E-state index in [9.17, 15) is 9.59 Å². The number of rotatable bonds is 2. The minimum Gasteiger partial charge on any atom is -0.443 e. The lowest BCUT2D eigenvalue weighted by molar-refractivity contribution is 0.0535. The number of amides is 2. The molecule has 0 saturated carbocycles. The van der Waals surface area contributed by atoms with Gasteiger partial charge in [-0.2, -0.15) is 0 Å². The summed E-state index contributed by atoms with van der Waals surface area (Å²) in [4.78, 5) is 36.6. The molecule has 3 heterocycles. The number of aromatic nitrogens is 2. The van der Waals surface area contributed by atoms with Gasteiger partial charge in [-0.15, -0.1) is 0 Å². The number of hydrogen-bond acceptors (Lipinski definition) is 5. The van der Waals surface area contributed by atoms with E-state index in [1.807, 2.05) is 0 Å². The zero-order chi connectivity index (χ0) is 17.2. The first-order valence-corrected chi connectivity index (χ1v) is 8.04. The van der Waals surface area contributed by atoms with Gasteiger partial charge in [-0.3, -0.25) is 14.6 Å². The number of pyridine rings is 1. The summed E-state index contributed by atoms with van der Waals surface area (Å²) in [6.07, 6.45) is 4.57. The molecule has 0 atom stereocenters. The van der Waals surface area contributed by atoms with Crippen LogP contribution < -0.4 is 0 Å². The van der Waals surface area contributed by atoms with Gasteiger partial charge >= 0.3 is 0 Å². The summed E-state index contributed by atoms with van der Waals surface area (Å²) in [5.41, 5.74) is 2.50. The quantitative estimate of drug-likeness (QED) is 0.713. The summed E-state index contributed by atoms with van der Waals surface area (Å²) < 4.78 is 5.25. The Hall–Kier alpha value is -3.22. The zero-order valence-electron chi connectivity index (χ0n) is 13.5. The summed E-state index contributed by atoms with van der Waals surface area (Å²) in [5.74, 6) is -0.0908. The van der Waals surface area contributed by atoms with E-state index in [1.54, 1.807) is 52.5 Å². The van der Waals surface area contributed by atoms with Crippen molar-refractivity contribution in [2.24, 2.45) is 0 Å². The third-order valence-corrected chi connectivity index (χ3v) is 4.36. The minimum atomic E-state index is -0.0608. The van der Waals surface area contributed by atoms with Crippen LogP contribution in [0.25, 0.3) is 11.1 Å². The van der Waals surface area contributed by atoms with Crippen molar-refractivity contribution in [1.29, 1.82) is 0 Å². The number of fused-ring (bicyclic) bond motifs is 1. The van der Waals surface area contributed by atoms with Crippen LogP contribution in [0, 0.1) is 0 Å². The van der Waals surface area contributed by atoms with Crippen LogP contribution in [0.3, 0.4) is 0 Å². The number of piperazine rings is 1. The van der Waals surface area contributed by atoms with Gasteiger partial charge in [0, 0.05) is 49.7 Å². The summed E-state index contributed by atoms with van der Waals surface area (Å²) in [6.45, 7) is 2.03. The van der Waals surface area contributed by atoms with Crippen molar-refractivity contribution >= 4 is 22.9 Å². The van der Waals surface area contributed by atoms with Crippen LogP contribution in [-0.4, -0.2) is 57.8 Å². The lowest BCUT2D eigenvalue weighted by Crippen LogP contribution is -2.50. The Kier molecular flexibility index (Phi) is 3.89. The number of carbonyl (C=O) groups excluding carboxylic acids is 2. The lowest BCUT2D eigenvalue weighted by Gasteiger charge is -2.34. The molecule has 3 aromatic rings. The summed E-state index contributed by atoms with van der Waals surface area (Å²) in [7, 11) is 0. The fourth-order valence-corrected chi connectivity index (χ4v) is 2.96. The Labute approximate surface area is 143 Å². The van der Waals surface area contributed by atoms with Crippen molar-refractivity contribution in [1.82, 2.24) is 19.8 Å². The number of hydrogen-bond donors (Lipinski definition) is 0. The average Bonchev–Trinajstić information content (AvgIpc) is 3.15. The Morgan fingerprint density at radius 1 is 0.880 bits per heavy atom. The van der Waals surface area contributed by atoms with Crippen LogP contribution in [0.15, 0.2) is 53.5 Å². The average molecular weight is 336 g/mol. The molecule has 7 nitrogen and oxygen atoms in total. The second kappa shape index (κ2) is 6.35. The van der Waals surface area contributed by atoms with Gasteiger partial charge in [0.15, 0.2) is 12.0 Å². The molecular weight excluding hydrogens is 320 g/mol. The number of nitrogens with zero attached hydrogens (tertiary/aromatic N) is 4. The molecule has 0 N–H and O–H groups in total. The molecule has 25 heavy (non-hydrogen) atoms. The van der Waals surface area contributed by atoms with Crippen LogP contribution in [0.2, 0.25) is 0 Å². The van der Waals surface area contributed by atoms with Crippen molar-refractivity contribution < 1.29 is 14.0 Å². The maximum atomic E-state index is 12.7. The molecule has 126 valence electrons. The maximum absolute atomic E-state index is 12.7. The Bertz CT molecular complexity index is 914. The zero-order valence-corrected chi connectivity index (χ0v) is 13.5. The largest absolute Gasteiger partial charge is 0.443 e. The third kappa shape index (κ3) is 2.96. The predicted octanol–water partition coefficient (Wildman–Crippen LogP) is 1.82. The van der Waals surface area contributed by atoms with Gasteiger partial charge in [0.05, 0.1) is 0 Å². The first-order valence-electron chi connectivity index (χ1n) is 8.04. The van der Waals surface area contributed by atoms with Gasteiger partial charge < -0.3 is 14.2 Å². The number of benzene rings is 1. The highest BCUT2D eigenvalue weighted by Crippen LogP contribution is 2.17. The molecule has 2 amide bonds. The molecule has 1 fully saturated rings. The highest BCUT2D eigenvalue weighted by atomic mass is 16.3. The third-order valence-electron chi connectivity index (χ3n) is 4.36. The second-order valence-corrected chi connectivity index (χ2v) is 5.86. The minimum absolute atomic E-state index is 0.0300. The Balaban J connectivity index is 1.42. The normalized spacial score (nSPS) is 14.7. The topological polar surface area (TPSA) is 79.5 Å². The SMILES string of the molecule is O=C(c1ccncc1)N1CCN(C(=O)c2ccc3ncoc3c2)CC1. The molecule has 7 heteroatoms. The van der Waals surface area contributed by atoms with E-state index in [4.69, 9.17) is 4.42 Å². The van der Waals surface area contributed by atoms with Gasteiger partial charge in [0.1, 0.15) is 5.52 Å². The monoisotopic (exact) mass is 336 g/mol. The molecule has 0 radical (unpaired) electrons. The second-order valence-electron chi connectivity index (χ2n) is 5.86. The van der Waals surface area contributed by atoms with Crippen molar-refractivity contribution in [3.63, 3.8) is 0 Å². The van der Waals surface area contributed by atoms with Gasteiger partial charge in [0.25, 0.3) is 11.8 Å². The Morgan fingerprint density at radius 3 is 2.20 bits per heavy atom. The van der Waals surface area contributed by atoms with Crippen molar-refractivity contribution in [3.8, 4) is 0 Å². The van der Waals surface area contributed by atoms with Gasteiger partial charge in [0.2, 0.25) is 0 Å². The van der Waals surface area contributed by atoms with E-state index in [1.165, 1.54) is 6.39 Å². The fraction of sp³-hybridized carbons (Fsp3) is 0.222. The van der Waals surface area contributed by atoms with Crippen LogP contribution in [0.5, 0.6) is 0 Å². The van der Waals surface area contributed by atoms with Crippen LogP contribution in [-0.2, 0) is 0 Å². The first kappa shape index (κ1) is 15.3. The summed E-state index contributed by atoms with van der Waals surface area (Å²) in [5, 5.41) is 0. The van der Waals surface area contributed by atoms with E-state index >= 15 is 0 Å². The van der Waals surface area contributed by atoms with Gasteiger partial charge in [-0.1, -0.05) is 0 Å². The van der Waals surface area contributed by atoms with Crippen LogP contribution >= 0.6 is 0 Å². The van der Waals surface area contributed by atoms with Gasteiger partial charge in [-0.05, 0) is 30.3 Å². The van der Waals surface area contributed by atoms with E-state index < -0.39 is 0 Å². The number of carbonyl (C=O) groups is 2. The standard InChI is InChI=1S/C18H16N4O3/c23-17(13-3-5-19-6-4-13)21-7-9-22(10-8-21)18(24)14-1-2-15-16(11-14)25-12-20-15/h1-6,11-12H,7-10H2. The molecule has 0 spiro atoms. The smallest absolute Gasteiger partial charge is 0.254 e. The Morgan fingerprint density at radius 2 is 1.52 bits per heavy atom. The molecule has 1 saturated heterocycles. The predicted molar refractivity (Wildman–Crippen MR) is 90.1 cm³/mol. The van der Waals surface area contributed by atoms with Crippen LogP contribution in [0.1, 0.15) is 20.7 Å². The lowest BCUT2D eigenvalue weighted by atomic mass is 10.1.